The van der Waals surface area contributed by atoms with E-state index in [4.69, 9.17) is 25.8 Å². The zero-order valence-electron chi connectivity index (χ0n) is 23.0. The average Bonchev–Trinajstić information content (AvgIpc) is 3.28. The quantitative estimate of drug-likeness (QED) is 0.347. The number of methoxy groups -OCH3 is 1. The molecule has 1 N–H and O–H groups in total. The van der Waals surface area contributed by atoms with Gasteiger partial charge in [0.05, 0.1) is 35.2 Å². The van der Waals surface area contributed by atoms with E-state index in [0.29, 0.717) is 17.0 Å². The van der Waals surface area contributed by atoms with E-state index in [-0.39, 0.29) is 59.2 Å². The van der Waals surface area contributed by atoms with E-state index < -0.39 is 29.8 Å². The minimum Gasteiger partial charge on any atom is -0.488 e. The summed E-state index contributed by atoms with van der Waals surface area (Å²) in [5, 5.41) is 2.39. The summed E-state index contributed by atoms with van der Waals surface area (Å²) in [5.41, 5.74) is 1.48. The van der Waals surface area contributed by atoms with Crippen molar-refractivity contribution in [2.24, 2.45) is 0 Å². The molecule has 42 heavy (non-hydrogen) atoms. The summed E-state index contributed by atoms with van der Waals surface area (Å²) in [5.74, 6) is -1.06. The van der Waals surface area contributed by atoms with Crippen LogP contribution >= 0.6 is 11.6 Å². The molecule has 0 aliphatic carbocycles. The third-order valence-electron chi connectivity index (χ3n) is 6.79. The van der Waals surface area contributed by atoms with Crippen LogP contribution in [0.5, 0.6) is 17.2 Å². The Kier molecular flexibility index (Phi) is 8.04. The Bertz CT molecular complexity index is 1580. The monoisotopic (exact) mass is 595 g/mol. The first-order valence-electron chi connectivity index (χ1n) is 13.2. The minimum atomic E-state index is -0.809. The second-order valence-electron chi connectivity index (χ2n) is 9.99. The first-order chi connectivity index (χ1) is 20.1. The number of carbonyl (C=O) groups is 4. The van der Waals surface area contributed by atoms with E-state index in [0.717, 1.165) is 6.07 Å². The summed E-state index contributed by atoms with van der Waals surface area (Å²) >= 11 is 6.08. The minimum absolute atomic E-state index is 0.0971. The summed E-state index contributed by atoms with van der Waals surface area (Å²) in [7, 11) is 1.23. The fourth-order valence-electron chi connectivity index (χ4n) is 4.92. The number of rotatable bonds is 7. The van der Waals surface area contributed by atoms with E-state index in [1.807, 2.05) is 0 Å². The van der Waals surface area contributed by atoms with E-state index in [2.05, 4.69) is 5.32 Å². The lowest BCUT2D eigenvalue weighted by Crippen LogP contribution is -2.52. The third-order valence-corrected chi connectivity index (χ3v) is 7.09. The van der Waals surface area contributed by atoms with Gasteiger partial charge in [0.15, 0.2) is 5.75 Å². The van der Waals surface area contributed by atoms with Crippen molar-refractivity contribution < 1.29 is 37.8 Å². The number of hydrogen-bond donors (Lipinski definition) is 1. The Labute approximate surface area is 245 Å². The van der Waals surface area contributed by atoms with E-state index in [1.165, 1.54) is 29.0 Å². The molecular weight excluding hydrogens is 569 g/mol. The Morgan fingerprint density at radius 1 is 1.10 bits per heavy atom. The Morgan fingerprint density at radius 2 is 1.83 bits per heavy atom. The molecule has 10 nitrogen and oxygen atoms in total. The average molecular weight is 596 g/mol. The highest BCUT2D eigenvalue weighted by atomic mass is 35.5. The number of imide groups is 1. The molecule has 218 valence electrons. The predicted octanol–water partition coefficient (Wildman–Crippen LogP) is 5.72. The predicted molar refractivity (Wildman–Crippen MR) is 151 cm³/mol. The van der Waals surface area contributed by atoms with Crippen LogP contribution in [0, 0.1) is 5.82 Å². The zero-order valence-corrected chi connectivity index (χ0v) is 23.7. The molecule has 12 heteroatoms. The van der Waals surface area contributed by atoms with Crippen molar-refractivity contribution in [2.75, 3.05) is 12.0 Å². The molecule has 0 radical (unpaired) electrons. The molecule has 1 unspecified atom stereocenters. The van der Waals surface area contributed by atoms with Crippen LogP contribution < -0.4 is 19.7 Å². The van der Waals surface area contributed by atoms with Crippen LogP contribution in [-0.2, 0) is 20.9 Å². The molecule has 4 amide bonds. The van der Waals surface area contributed by atoms with Gasteiger partial charge in [0, 0.05) is 13.0 Å². The lowest BCUT2D eigenvalue weighted by molar-refractivity contribution is -0.136. The maximum absolute atomic E-state index is 13.7. The van der Waals surface area contributed by atoms with Crippen LogP contribution in [-0.4, -0.2) is 48.0 Å². The van der Waals surface area contributed by atoms with Crippen molar-refractivity contribution in [2.45, 2.75) is 45.4 Å². The Balaban J connectivity index is 1.51. The van der Waals surface area contributed by atoms with Gasteiger partial charge in [-0.15, -0.1) is 0 Å². The largest absolute Gasteiger partial charge is 0.488 e. The van der Waals surface area contributed by atoms with Crippen molar-refractivity contribution in [1.82, 2.24) is 10.2 Å². The summed E-state index contributed by atoms with van der Waals surface area (Å²) in [4.78, 5) is 53.8. The van der Waals surface area contributed by atoms with Crippen LogP contribution in [0.15, 0.2) is 54.6 Å². The number of fused-ring (bicyclic) bond motifs is 1. The first kappa shape index (κ1) is 28.9. The highest BCUT2D eigenvalue weighted by Gasteiger charge is 2.42. The molecule has 1 fully saturated rings. The van der Waals surface area contributed by atoms with Gasteiger partial charge in [-0.3, -0.25) is 19.7 Å². The number of halogens is 2. The number of nitrogens with zero attached hydrogens (tertiary/aromatic N) is 2. The molecule has 3 aromatic rings. The van der Waals surface area contributed by atoms with Gasteiger partial charge in [-0.05, 0) is 74.4 Å². The normalized spacial score (nSPS) is 16.3. The Morgan fingerprint density at radius 3 is 2.48 bits per heavy atom. The maximum atomic E-state index is 13.7. The van der Waals surface area contributed by atoms with E-state index >= 15 is 0 Å². The second-order valence-corrected chi connectivity index (χ2v) is 10.4. The van der Waals surface area contributed by atoms with Gasteiger partial charge in [-0.25, -0.2) is 14.1 Å². The van der Waals surface area contributed by atoms with Gasteiger partial charge < -0.3 is 19.1 Å². The van der Waals surface area contributed by atoms with Crippen molar-refractivity contribution in [3.8, 4) is 17.2 Å². The molecular formula is C30H27ClFN3O7. The SMILES string of the molecule is COC(=O)N(c1ccc(Oc2ccc(F)cc2Cl)cc1)c1ccc2c(c1OC(C)C)C(=O)N(C1CCC(=O)NC1=O)C2. The van der Waals surface area contributed by atoms with Gasteiger partial charge in [-0.2, -0.15) is 0 Å². The Hall–Kier alpha value is -4.64. The van der Waals surface area contributed by atoms with Gasteiger partial charge >= 0.3 is 6.09 Å². The van der Waals surface area contributed by atoms with Crippen molar-refractivity contribution in [3.63, 3.8) is 0 Å². The number of benzene rings is 3. The molecule has 1 atom stereocenters. The second kappa shape index (κ2) is 11.7. The summed E-state index contributed by atoms with van der Waals surface area (Å²) in [6.07, 6.45) is -0.779. The van der Waals surface area contributed by atoms with E-state index in [9.17, 15) is 23.6 Å². The third kappa shape index (κ3) is 5.60. The van der Waals surface area contributed by atoms with Gasteiger partial charge in [0.1, 0.15) is 23.4 Å². The fraction of sp³-hybridized carbons (Fsp3) is 0.267. The van der Waals surface area contributed by atoms with E-state index in [1.54, 1.807) is 50.2 Å². The molecule has 2 aliphatic heterocycles. The van der Waals surface area contributed by atoms with Crippen molar-refractivity contribution in [1.29, 1.82) is 0 Å². The molecule has 1 saturated heterocycles. The van der Waals surface area contributed by atoms with Gasteiger partial charge in [0.2, 0.25) is 11.8 Å². The standard InChI is InChI=1S/C30H27ClFN3O7/c1-16(2)41-27-22(10-4-17-15-34(29(38)26(17)27)23-11-13-25(36)33-28(23)37)35(30(39)40-3)19-6-8-20(9-7-19)42-24-12-5-18(32)14-21(24)31/h4-10,12,14,16,23H,11,13,15H2,1-3H3,(H,33,36,37). The lowest BCUT2D eigenvalue weighted by atomic mass is 10.0. The molecule has 0 aromatic heterocycles. The van der Waals surface area contributed by atoms with Gasteiger partial charge in [0.25, 0.3) is 5.91 Å². The molecule has 2 heterocycles. The number of anilines is 2. The zero-order chi connectivity index (χ0) is 30.1. The van der Waals surface area contributed by atoms with Crippen molar-refractivity contribution >= 4 is 46.8 Å². The van der Waals surface area contributed by atoms with Crippen LogP contribution in [0.25, 0.3) is 0 Å². The molecule has 5 rings (SSSR count). The molecule has 0 saturated carbocycles. The highest BCUT2D eigenvalue weighted by Crippen LogP contribution is 2.44. The number of piperidine rings is 1. The number of nitrogens with one attached hydrogen (secondary N) is 1. The maximum Gasteiger partial charge on any atom is 0.418 e. The molecule has 0 bridgehead atoms. The lowest BCUT2D eigenvalue weighted by Gasteiger charge is -2.29. The molecule has 3 aromatic carbocycles. The summed E-state index contributed by atoms with van der Waals surface area (Å²) in [6, 6.07) is 12.7. The summed E-state index contributed by atoms with van der Waals surface area (Å²) in [6.45, 7) is 3.72. The van der Waals surface area contributed by atoms with Crippen LogP contribution in [0.4, 0.5) is 20.6 Å². The van der Waals surface area contributed by atoms with Crippen LogP contribution in [0.3, 0.4) is 0 Å². The number of amides is 4. The number of hydrogen-bond acceptors (Lipinski definition) is 7. The van der Waals surface area contributed by atoms with Crippen molar-refractivity contribution in [3.05, 3.63) is 76.6 Å². The van der Waals surface area contributed by atoms with Crippen LogP contribution in [0.1, 0.15) is 42.6 Å². The van der Waals surface area contributed by atoms with Crippen LogP contribution in [0.2, 0.25) is 5.02 Å². The topological polar surface area (TPSA) is 114 Å². The number of ether oxygens (including phenoxy) is 3. The fourth-order valence-corrected chi connectivity index (χ4v) is 5.13. The van der Waals surface area contributed by atoms with Gasteiger partial charge in [-0.1, -0.05) is 17.7 Å². The molecule has 2 aliphatic rings. The number of carbonyl (C=O) groups excluding carboxylic acids is 4. The smallest absolute Gasteiger partial charge is 0.418 e. The first-order valence-corrected chi connectivity index (χ1v) is 13.5. The highest BCUT2D eigenvalue weighted by molar-refractivity contribution is 6.32. The molecule has 0 spiro atoms. The summed E-state index contributed by atoms with van der Waals surface area (Å²) < 4.78 is 30.4.